The van der Waals surface area contributed by atoms with Crippen molar-refractivity contribution < 1.29 is 5.11 Å². The summed E-state index contributed by atoms with van der Waals surface area (Å²) in [4.78, 5) is 9.55. The number of rotatable bonds is 7. The molecule has 0 aliphatic carbocycles. The minimum absolute atomic E-state index is 0.189. The third kappa shape index (κ3) is 5.34. The highest BCUT2D eigenvalue weighted by atomic mass is 16.3. The lowest BCUT2D eigenvalue weighted by molar-refractivity contribution is 0.145. The highest BCUT2D eigenvalue weighted by molar-refractivity contribution is 5.77. The first kappa shape index (κ1) is 21.3. The largest absolute Gasteiger partial charge is 0.388 e. The highest BCUT2D eigenvalue weighted by Gasteiger charge is 2.24. The number of likely N-dealkylation sites (N-methyl/N-ethyl adjacent to an activating group) is 1. The Morgan fingerprint density at radius 2 is 2.04 bits per heavy atom. The Kier molecular flexibility index (Phi) is 6.47. The van der Waals surface area contributed by atoms with E-state index in [0.717, 1.165) is 55.9 Å². The number of likely N-dealkylation sites (tertiary alicyclic amines) is 1. The van der Waals surface area contributed by atoms with Gasteiger partial charge in [-0.25, -0.2) is 4.98 Å². The van der Waals surface area contributed by atoms with E-state index in [1.165, 1.54) is 11.9 Å². The quantitative estimate of drug-likeness (QED) is 0.790. The van der Waals surface area contributed by atoms with Crippen molar-refractivity contribution in [1.82, 2.24) is 19.4 Å². The molecule has 0 saturated carbocycles. The first-order valence-corrected chi connectivity index (χ1v) is 10.6. The van der Waals surface area contributed by atoms with E-state index in [1.807, 2.05) is 0 Å². The van der Waals surface area contributed by atoms with E-state index in [9.17, 15) is 5.11 Å². The fraction of sp³-hybridized carbons (Fsp3) is 0.696. The second kappa shape index (κ2) is 8.52. The summed E-state index contributed by atoms with van der Waals surface area (Å²) in [6.07, 6.45) is 2.57. The van der Waals surface area contributed by atoms with Gasteiger partial charge < -0.3 is 19.5 Å². The SMILES string of the molecule is CN(C)CCn1c(CC(C)(C)C)nc2cc([C@H](O)C[C@H]3CCN(C)C3)ccc21. The maximum Gasteiger partial charge on any atom is 0.110 e. The van der Waals surface area contributed by atoms with Crippen LogP contribution in [0.1, 0.15) is 51.1 Å². The van der Waals surface area contributed by atoms with Crippen LogP contribution in [0.3, 0.4) is 0 Å². The summed E-state index contributed by atoms with van der Waals surface area (Å²) in [7, 11) is 6.38. The maximum absolute atomic E-state index is 10.8. The summed E-state index contributed by atoms with van der Waals surface area (Å²) in [6.45, 7) is 10.9. The molecule has 1 N–H and O–H groups in total. The molecule has 1 aromatic carbocycles. The minimum atomic E-state index is -0.404. The normalized spacial score (nSPS) is 19.8. The van der Waals surface area contributed by atoms with Crippen molar-refractivity contribution in [2.24, 2.45) is 11.3 Å². The van der Waals surface area contributed by atoms with Crippen LogP contribution in [0, 0.1) is 11.3 Å². The molecule has 0 amide bonds. The lowest BCUT2D eigenvalue weighted by atomic mass is 9.92. The average Bonchev–Trinajstić information content (AvgIpc) is 3.13. The summed E-state index contributed by atoms with van der Waals surface area (Å²) < 4.78 is 2.36. The first-order chi connectivity index (χ1) is 13.1. The van der Waals surface area contributed by atoms with Gasteiger partial charge in [-0.15, -0.1) is 0 Å². The van der Waals surface area contributed by atoms with Crippen molar-refractivity contribution in [3.8, 4) is 0 Å². The summed E-state index contributed by atoms with van der Waals surface area (Å²) in [5.41, 5.74) is 3.38. The van der Waals surface area contributed by atoms with Gasteiger partial charge in [0.2, 0.25) is 0 Å². The van der Waals surface area contributed by atoms with Gasteiger partial charge in [0.15, 0.2) is 0 Å². The molecule has 1 aliphatic heterocycles. The van der Waals surface area contributed by atoms with Crippen LogP contribution in [0.2, 0.25) is 0 Å². The molecule has 1 aliphatic rings. The Hall–Kier alpha value is -1.43. The molecule has 1 saturated heterocycles. The molecule has 0 bridgehead atoms. The number of aliphatic hydroxyl groups excluding tert-OH is 1. The van der Waals surface area contributed by atoms with Crippen LogP contribution in [-0.2, 0) is 13.0 Å². The van der Waals surface area contributed by atoms with E-state index in [0.29, 0.717) is 5.92 Å². The number of fused-ring (bicyclic) bond motifs is 1. The van der Waals surface area contributed by atoms with E-state index < -0.39 is 6.10 Å². The van der Waals surface area contributed by atoms with Crippen LogP contribution in [0.5, 0.6) is 0 Å². The third-order valence-corrected chi connectivity index (χ3v) is 5.74. The van der Waals surface area contributed by atoms with Gasteiger partial charge in [0.05, 0.1) is 17.1 Å². The van der Waals surface area contributed by atoms with Gasteiger partial charge in [0.25, 0.3) is 0 Å². The molecule has 0 unspecified atom stereocenters. The van der Waals surface area contributed by atoms with Gasteiger partial charge in [-0.3, -0.25) is 0 Å². The maximum atomic E-state index is 10.8. The van der Waals surface area contributed by atoms with E-state index in [-0.39, 0.29) is 5.41 Å². The van der Waals surface area contributed by atoms with Crippen LogP contribution >= 0.6 is 0 Å². The third-order valence-electron chi connectivity index (χ3n) is 5.74. The Morgan fingerprint density at radius 3 is 2.64 bits per heavy atom. The smallest absolute Gasteiger partial charge is 0.110 e. The zero-order chi connectivity index (χ0) is 20.5. The van der Waals surface area contributed by atoms with Crippen molar-refractivity contribution in [1.29, 1.82) is 0 Å². The van der Waals surface area contributed by atoms with Gasteiger partial charge >= 0.3 is 0 Å². The van der Waals surface area contributed by atoms with Gasteiger partial charge in [0.1, 0.15) is 5.82 Å². The molecule has 3 rings (SSSR count). The number of aromatic nitrogens is 2. The Bertz CT molecular complexity index is 790. The zero-order valence-corrected chi connectivity index (χ0v) is 18.6. The lowest BCUT2D eigenvalue weighted by Crippen LogP contribution is -2.21. The summed E-state index contributed by atoms with van der Waals surface area (Å²) in [6, 6.07) is 6.36. The van der Waals surface area contributed by atoms with Crippen LogP contribution in [0.15, 0.2) is 18.2 Å². The molecular weight excluding hydrogens is 348 g/mol. The highest BCUT2D eigenvalue weighted by Crippen LogP contribution is 2.30. The van der Waals surface area contributed by atoms with Gasteiger partial charge in [0, 0.05) is 26.1 Å². The molecule has 28 heavy (non-hydrogen) atoms. The molecule has 1 aromatic heterocycles. The predicted octanol–water partition coefficient (Wildman–Crippen LogP) is 3.56. The second-order valence-corrected chi connectivity index (χ2v) is 10.1. The Labute approximate surface area is 170 Å². The molecule has 2 heterocycles. The standard InChI is InChI=1S/C23H38N4O/c1-23(2,3)15-22-24-19-14-18(21(28)13-17-9-10-26(6)16-17)7-8-20(19)27(22)12-11-25(4)5/h7-8,14,17,21,28H,9-13,15-16H2,1-6H3/t17-,21-/m1/s1. The van der Waals surface area contributed by atoms with Gasteiger partial charge in [-0.05, 0) is 69.6 Å². The van der Waals surface area contributed by atoms with E-state index >= 15 is 0 Å². The number of aliphatic hydroxyl groups is 1. The van der Waals surface area contributed by atoms with E-state index in [4.69, 9.17) is 4.98 Å². The fourth-order valence-electron chi connectivity index (χ4n) is 4.23. The predicted molar refractivity (Wildman–Crippen MR) is 117 cm³/mol. The second-order valence-electron chi connectivity index (χ2n) is 10.1. The number of imidazole rings is 1. The summed E-state index contributed by atoms with van der Waals surface area (Å²) >= 11 is 0. The molecular formula is C23H38N4O. The Morgan fingerprint density at radius 1 is 1.29 bits per heavy atom. The molecule has 0 spiro atoms. The summed E-state index contributed by atoms with van der Waals surface area (Å²) in [5.74, 6) is 1.73. The Balaban J connectivity index is 1.85. The molecule has 1 fully saturated rings. The number of nitrogens with zero attached hydrogens (tertiary/aromatic N) is 4. The minimum Gasteiger partial charge on any atom is -0.388 e. The molecule has 156 valence electrons. The zero-order valence-electron chi connectivity index (χ0n) is 18.6. The molecule has 5 nitrogen and oxygen atoms in total. The van der Waals surface area contributed by atoms with Crippen LogP contribution < -0.4 is 0 Å². The molecule has 0 radical (unpaired) electrons. The van der Waals surface area contributed by atoms with E-state index in [1.54, 1.807) is 0 Å². The van der Waals surface area contributed by atoms with Crippen molar-refractivity contribution in [2.45, 2.75) is 52.7 Å². The van der Waals surface area contributed by atoms with Crippen molar-refractivity contribution in [3.05, 3.63) is 29.6 Å². The van der Waals surface area contributed by atoms with Crippen LogP contribution in [0.25, 0.3) is 11.0 Å². The number of hydrogen-bond donors (Lipinski definition) is 1. The average molecular weight is 387 g/mol. The van der Waals surface area contributed by atoms with Gasteiger partial charge in [-0.2, -0.15) is 0 Å². The molecule has 5 heteroatoms. The molecule has 2 atom stereocenters. The monoisotopic (exact) mass is 386 g/mol. The summed E-state index contributed by atoms with van der Waals surface area (Å²) in [5, 5.41) is 10.8. The van der Waals surface area contributed by atoms with Crippen molar-refractivity contribution >= 4 is 11.0 Å². The van der Waals surface area contributed by atoms with Gasteiger partial charge in [-0.1, -0.05) is 26.8 Å². The first-order valence-electron chi connectivity index (χ1n) is 10.6. The molecule has 2 aromatic rings. The fourth-order valence-corrected chi connectivity index (χ4v) is 4.23. The number of hydrogen-bond acceptors (Lipinski definition) is 4. The van der Waals surface area contributed by atoms with Crippen molar-refractivity contribution in [2.75, 3.05) is 40.8 Å². The van der Waals surface area contributed by atoms with Crippen LogP contribution in [0.4, 0.5) is 0 Å². The van der Waals surface area contributed by atoms with E-state index in [2.05, 4.69) is 74.5 Å². The lowest BCUT2D eigenvalue weighted by Gasteiger charge is -2.20. The topological polar surface area (TPSA) is 44.5 Å². The number of benzene rings is 1. The van der Waals surface area contributed by atoms with Crippen LogP contribution in [-0.4, -0.2) is 65.2 Å². The van der Waals surface area contributed by atoms with Crippen molar-refractivity contribution in [3.63, 3.8) is 0 Å².